The van der Waals surface area contributed by atoms with Crippen LogP contribution in [0, 0.1) is 13.8 Å². The minimum atomic E-state index is -0.990. The summed E-state index contributed by atoms with van der Waals surface area (Å²) in [6.07, 6.45) is 17.0. The molecule has 0 aromatic carbocycles. The lowest BCUT2D eigenvalue weighted by Crippen LogP contribution is -2.28. The van der Waals surface area contributed by atoms with E-state index in [1.807, 2.05) is 35.1 Å². The van der Waals surface area contributed by atoms with E-state index in [4.69, 9.17) is 10.8 Å². The Kier molecular flexibility index (Phi) is 22.4. The summed E-state index contributed by atoms with van der Waals surface area (Å²) in [7, 11) is 21.9. The lowest BCUT2D eigenvalue weighted by Gasteiger charge is -2.10. The summed E-state index contributed by atoms with van der Waals surface area (Å²) in [5.41, 5.74) is 13.4. The van der Waals surface area contributed by atoms with Crippen molar-refractivity contribution in [1.82, 2.24) is 61.6 Å². The predicted octanol–water partition coefficient (Wildman–Crippen LogP) is 5.66. The Hall–Kier alpha value is -9.82. The van der Waals surface area contributed by atoms with Crippen LogP contribution in [-0.4, -0.2) is 156 Å². The van der Waals surface area contributed by atoms with Crippen LogP contribution in [0.4, 0.5) is 22.7 Å². The molecule has 0 fully saturated rings. The number of rotatable bonds is 24. The van der Waals surface area contributed by atoms with Crippen molar-refractivity contribution in [3.63, 3.8) is 0 Å². The van der Waals surface area contributed by atoms with Crippen LogP contribution in [0.25, 0.3) is 0 Å². The van der Waals surface area contributed by atoms with Gasteiger partial charge in [0.25, 0.3) is 23.6 Å². The zero-order valence-corrected chi connectivity index (χ0v) is 52.1. The molecule has 4 amide bonds. The summed E-state index contributed by atoms with van der Waals surface area (Å²) in [6, 6.07) is 9.99. The Morgan fingerprint density at radius 2 is 0.839 bits per heavy atom. The Balaban J connectivity index is 0.000000244. The molecule has 0 atom stereocenters. The van der Waals surface area contributed by atoms with Gasteiger partial charge in [-0.15, -0.1) is 0 Å². The first kappa shape index (κ1) is 66.3. The lowest BCUT2D eigenvalue weighted by molar-refractivity contribution is 0.0678. The average molecular weight is 1200 g/mol. The second kappa shape index (κ2) is 29.3. The molecular weight excluding hydrogens is 1110 g/mol. The maximum atomic E-state index is 13.2. The SMILES string of the molecule is CN(C)CCCNC(=O)c1cc(CC(=O)c2cc(NC(=O)c3cc(N)cn3C)cn2C)cn1C.Cc1cn(C)c(C(=O)Nc2cc(C(=O)Cc3cc(C(=O)Nc4cc(C(=O)CCCCN(C)C)n(C)c4)n(C)c3)n(C)c2)n1.Cc1cn(C)c(C(=O)O)n1. The van der Waals surface area contributed by atoms with Crippen LogP contribution in [0.2, 0.25) is 0 Å². The molecule has 0 unspecified atom stereocenters. The topological polar surface area (TPSA) is 303 Å². The number of nitrogens with one attached hydrogen (secondary N) is 4. The van der Waals surface area contributed by atoms with Crippen LogP contribution in [0.15, 0.2) is 86.0 Å². The van der Waals surface area contributed by atoms with E-state index >= 15 is 0 Å². The van der Waals surface area contributed by atoms with Gasteiger partial charge in [-0.05, 0) is 122 Å². The first-order chi connectivity index (χ1) is 41.0. The van der Waals surface area contributed by atoms with Crippen molar-refractivity contribution in [1.29, 1.82) is 0 Å². The number of aryl methyl sites for hydroxylation is 10. The highest BCUT2D eigenvalue weighted by atomic mass is 16.4. The maximum Gasteiger partial charge on any atom is 0.372 e. The van der Waals surface area contributed by atoms with Gasteiger partial charge in [-0.2, -0.15) is 0 Å². The fourth-order valence-electron chi connectivity index (χ4n) is 9.76. The minimum Gasteiger partial charge on any atom is -0.475 e. The molecule has 0 aliphatic carbocycles. The van der Waals surface area contributed by atoms with E-state index in [9.17, 15) is 38.4 Å². The number of carbonyl (C=O) groups excluding carboxylic acids is 7. The Morgan fingerprint density at radius 3 is 1.24 bits per heavy atom. The number of carbonyl (C=O) groups is 8. The monoisotopic (exact) mass is 1200 g/mol. The van der Waals surface area contributed by atoms with E-state index in [1.165, 1.54) is 4.57 Å². The number of carboxylic acid groups (broad SMARTS) is 1. The number of aromatic carboxylic acids is 1. The molecule has 0 aliphatic heterocycles. The molecule has 8 aromatic rings. The molecule has 7 N–H and O–H groups in total. The third-order valence-corrected chi connectivity index (χ3v) is 13.9. The molecule has 464 valence electrons. The number of nitrogens with zero attached hydrogens (tertiary/aromatic N) is 12. The number of unbranched alkanes of at least 4 members (excludes halogenated alkanes) is 1. The number of amides is 4. The third-order valence-electron chi connectivity index (χ3n) is 13.9. The molecule has 0 bridgehead atoms. The van der Waals surface area contributed by atoms with Gasteiger partial charge in [0.05, 0.1) is 51.2 Å². The number of imidazole rings is 2. The minimum absolute atomic E-state index is 0.0385. The molecule has 87 heavy (non-hydrogen) atoms. The maximum absolute atomic E-state index is 13.2. The summed E-state index contributed by atoms with van der Waals surface area (Å²) >= 11 is 0. The van der Waals surface area contributed by atoms with Crippen molar-refractivity contribution < 1.29 is 43.5 Å². The predicted molar refractivity (Wildman–Crippen MR) is 332 cm³/mol. The van der Waals surface area contributed by atoms with Gasteiger partial charge in [0.1, 0.15) is 17.1 Å². The summed E-state index contributed by atoms with van der Waals surface area (Å²) in [5.74, 6) is -2.06. The number of nitrogen functional groups attached to an aromatic ring is 1. The number of anilines is 4. The Bertz CT molecular complexity index is 3810. The van der Waals surface area contributed by atoms with Crippen molar-refractivity contribution in [3.8, 4) is 0 Å². The number of hydrogen-bond donors (Lipinski definition) is 6. The fraction of sp³-hybridized carbons (Fsp3) is 0.377. The lowest BCUT2D eigenvalue weighted by atomic mass is 10.1. The quantitative estimate of drug-likeness (QED) is 0.0314. The Morgan fingerprint density at radius 1 is 0.448 bits per heavy atom. The van der Waals surface area contributed by atoms with E-state index in [-0.39, 0.29) is 65.5 Å². The first-order valence-corrected chi connectivity index (χ1v) is 28.0. The van der Waals surface area contributed by atoms with E-state index < -0.39 is 5.97 Å². The van der Waals surface area contributed by atoms with Gasteiger partial charge in [-0.1, -0.05) is 0 Å². The highest BCUT2D eigenvalue weighted by molar-refractivity contribution is 6.07. The summed E-state index contributed by atoms with van der Waals surface area (Å²) in [6.45, 7) is 5.98. The van der Waals surface area contributed by atoms with Gasteiger partial charge in [0, 0.05) is 132 Å². The second-order valence-corrected chi connectivity index (χ2v) is 22.2. The molecule has 0 spiro atoms. The highest BCUT2D eigenvalue weighted by Gasteiger charge is 2.22. The van der Waals surface area contributed by atoms with Gasteiger partial charge in [-0.25, -0.2) is 14.8 Å². The molecule has 26 heteroatoms. The molecule has 0 saturated heterocycles. The molecule has 8 rings (SSSR count). The average Bonchev–Trinajstić information content (AvgIpc) is 2.08. The zero-order chi connectivity index (χ0) is 64.1. The number of Topliss-reactive ketones (excluding diaryl/α,β-unsaturated/α-hetero) is 3. The van der Waals surface area contributed by atoms with Gasteiger partial charge in [0.2, 0.25) is 5.82 Å². The van der Waals surface area contributed by atoms with Gasteiger partial charge in [0.15, 0.2) is 23.2 Å². The van der Waals surface area contributed by atoms with Crippen molar-refractivity contribution in [2.45, 2.75) is 52.4 Å². The van der Waals surface area contributed by atoms with Crippen molar-refractivity contribution in [2.75, 3.05) is 69.5 Å². The Labute approximate surface area is 505 Å². The zero-order valence-electron chi connectivity index (χ0n) is 52.1. The highest BCUT2D eigenvalue weighted by Crippen LogP contribution is 2.22. The molecule has 0 radical (unpaired) electrons. The van der Waals surface area contributed by atoms with E-state index in [1.54, 1.807) is 181 Å². The third kappa shape index (κ3) is 18.1. The van der Waals surface area contributed by atoms with Crippen LogP contribution in [0.3, 0.4) is 0 Å². The summed E-state index contributed by atoms with van der Waals surface area (Å²) in [4.78, 5) is 112. The second-order valence-electron chi connectivity index (χ2n) is 22.2. The summed E-state index contributed by atoms with van der Waals surface area (Å²) < 4.78 is 13.2. The first-order valence-electron chi connectivity index (χ1n) is 28.0. The van der Waals surface area contributed by atoms with Crippen molar-refractivity contribution in [3.05, 3.63) is 154 Å². The van der Waals surface area contributed by atoms with Gasteiger partial charge in [-0.3, -0.25) is 33.6 Å². The van der Waals surface area contributed by atoms with E-state index in [0.717, 1.165) is 49.3 Å². The molecule has 8 aromatic heterocycles. The van der Waals surface area contributed by atoms with Crippen molar-refractivity contribution >= 4 is 69.7 Å². The number of carboxylic acids is 1. The van der Waals surface area contributed by atoms with Crippen LogP contribution in [0.5, 0.6) is 0 Å². The smallest absolute Gasteiger partial charge is 0.372 e. The fourth-order valence-corrected chi connectivity index (χ4v) is 9.76. The van der Waals surface area contributed by atoms with Crippen LogP contribution in [-0.2, 0) is 69.2 Å². The molecule has 0 saturated carbocycles. The summed E-state index contributed by atoms with van der Waals surface area (Å²) in [5, 5.41) is 19.9. The van der Waals surface area contributed by atoms with Crippen LogP contribution >= 0.6 is 0 Å². The van der Waals surface area contributed by atoms with Crippen LogP contribution < -0.4 is 27.0 Å². The number of aromatic nitrogens is 10. The van der Waals surface area contributed by atoms with Gasteiger partial charge < -0.3 is 78.4 Å². The number of hydrogen-bond acceptors (Lipinski definition) is 13. The largest absolute Gasteiger partial charge is 0.475 e. The van der Waals surface area contributed by atoms with E-state index in [2.05, 4.69) is 41.0 Å². The molecule has 0 aliphatic rings. The number of ketones is 3. The standard InChI is InChI=1S/C31H40N8O4.C24H33N7O3.C6H8N2O2/c1-20-16-39(7)29(32-20)31(43)34-23-15-25(38(6)19-23)28(41)13-21-12-26(36(4)17-21)30(42)33-22-14-24(37(5)18-22)27(40)10-8-9-11-35(2)3;1-28(2)8-6-7-26-23(33)20-9-16(13-29(20)3)10-22(32)19-12-18(15-31(19)5)27-24(34)21-11-17(25)14-30(21)4;1-4-3-8(2)5(7-4)6(9)10/h12,14-19H,8-11,13H2,1-7H3,(H,33,42)(H,34,43);9,11-15H,6-8,10,25H2,1-5H3,(H,26,33)(H,27,34);3H,1-2H3,(H,9,10). The number of nitrogens with two attached hydrogens (primary N) is 1. The van der Waals surface area contributed by atoms with Gasteiger partial charge >= 0.3 is 5.97 Å². The normalized spacial score (nSPS) is 11.0. The van der Waals surface area contributed by atoms with Crippen LogP contribution in [0.1, 0.15) is 132 Å². The van der Waals surface area contributed by atoms with E-state index in [0.29, 0.717) is 75.4 Å². The molecular formula is C61H81N17O9. The molecule has 8 heterocycles. The molecule has 26 nitrogen and oxygen atoms in total. The van der Waals surface area contributed by atoms with Crippen molar-refractivity contribution in [2.24, 2.45) is 56.4 Å².